The molecule has 0 bridgehead atoms. The van der Waals surface area contributed by atoms with Gasteiger partial charge in [0, 0.05) is 11.7 Å². The highest BCUT2D eigenvalue weighted by Gasteiger charge is 2.34. The van der Waals surface area contributed by atoms with E-state index in [1.54, 1.807) is 0 Å². The molecule has 1 saturated carbocycles. The number of carbonyl (C=O) groups is 2. The number of ether oxygens (including phenoxy) is 1. The average Bonchev–Trinajstić information content (AvgIpc) is 3.29. The number of benzene rings is 1. The lowest BCUT2D eigenvalue weighted by Crippen LogP contribution is -2.40. The standard InChI is InChI=1S/C16H19F3N2O3/c1-24-14(22)8-13(11-5-6-11)21-15(23)20-12-4-2-3-10(7-12)9-16(17,18)19/h2-4,7,11,13H,5-6,8-9H2,1H3,(H2,20,21,23). The molecule has 1 aromatic carbocycles. The normalized spacial score (nSPS) is 15.5. The summed E-state index contributed by atoms with van der Waals surface area (Å²) in [6.07, 6.45) is -3.45. The predicted octanol–water partition coefficient (Wildman–Crippen LogP) is 3.25. The molecule has 0 aromatic heterocycles. The number of halogens is 3. The van der Waals surface area contributed by atoms with Crippen molar-refractivity contribution >= 4 is 17.7 Å². The van der Waals surface area contributed by atoms with E-state index in [0.29, 0.717) is 0 Å². The van der Waals surface area contributed by atoms with Gasteiger partial charge in [-0.3, -0.25) is 4.79 Å². The van der Waals surface area contributed by atoms with Gasteiger partial charge in [-0.1, -0.05) is 12.1 Å². The first kappa shape index (κ1) is 18.1. The van der Waals surface area contributed by atoms with Crippen LogP contribution in [0.25, 0.3) is 0 Å². The Morgan fingerprint density at radius 2 is 2.04 bits per heavy atom. The van der Waals surface area contributed by atoms with Crippen molar-refractivity contribution < 1.29 is 27.5 Å². The van der Waals surface area contributed by atoms with Crippen LogP contribution < -0.4 is 10.6 Å². The zero-order valence-electron chi connectivity index (χ0n) is 13.2. The summed E-state index contributed by atoms with van der Waals surface area (Å²) >= 11 is 0. The fourth-order valence-electron chi connectivity index (χ4n) is 2.42. The zero-order chi connectivity index (χ0) is 17.7. The number of esters is 1. The second kappa shape index (κ2) is 7.55. The molecule has 24 heavy (non-hydrogen) atoms. The van der Waals surface area contributed by atoms with E-state index in [1.165, 1.54) is 31.4 Å². The molecule has 8 heteroatoms. The molecular weight excluding hydrogens is 325 g/mol. The van der Waals surface area contributed by atoms with E-state index in [0.717, 1.165) is 12.8 Å². The lowest BCUT2D eigenvalue weighted by molar-refractivity contribution is -0.141. The van der Waals surface area contributed by atoms with Crippen LogP contribution in [0.5, 0.6) is 0 Å². The number of carbonyl (C=O) groups excluding carboxylic acids is 2. The first-order chi connectivity index (χ1) is 11.3. The molecule has 1 unspecified atom stereocenters. The lowest BCUT2D eigenvalue weighted by atomic mass is 10.1. The highest BCUT2D eigenvalue weighted by molar-refractivity contribution is 5.89. The van der Waals surface area contributed by atoms with E-state index in [1.807, 2.05) is 0 Å². The maximum Gasteiger partial charge on any atom is 0.393 e. The van der Waals surface area contributed by atoms with Crippen molar-refractivity contribution in [2.45, 2.75) is 37.9 Å². The summed E-state index contributed by atoms with van der Waals surface area (Å²) in [5, 5.41) is 5.19. The molecule has 2 rings (SSSR count). The first-order valence-corrected chi connectivity index (χ1v) is 7.57. The third kappa shape index (κ3) is 6.10. The molecule has 1 aromatic rings. The lowest BCUT2D eigenvalue weighted by Gasteiger charge is -2.18. The molecule has 1 fully saturated rings. The van der Waals surface area contributed by atoms with Crippen LogP contribution in [0.4, 0.5) is 23.7 Å². The zero-order valence-corrected chi connectivity index (χ0v) is 13.2. The minimum Gasteiger partial charge on any atom is -0.469 e. The van der Waals surface area contributed by atoms with Crippen molar-refractivity contribution in [3.05, 3.63) is 29.8 Å². The monoisotopic (exact) mass is 344 g/mol. The van der Waals surface area contributed by atoms with Crippen molar-refractivity contribution in [2.75, 3.05) is 12.4 Å². The Kier molecular flexibility index (Phi) is 5.69. The molecule has 0 radical (unpaired) electrons. The van der Waals surface area contributed by atoms with Crippen LogP contribution in [-0.4, -0.2) is 31.3 Å². The molecule has 0 saturated heterocycles. The van der Waals surface area contributed by atoms with Gasteiger partial charge in [0.15, 0.2) is 0 Å². The molecular formula is C16H19F3N2O3. The second-order valence-corrected chi connectivity index (χ2v) is 5.81. The van der Waals surface area contributed by atoms with E-state index in [4.69, 9.17) is 0 Å². The van der Waals surface area contributed by atoms with Gasteiger partial charge in [-0.05, 0) is 36.5 Å². The Morgan fingerprint density at radius 3 is 2.62 bits per heavy atom. The SMILES string of the molecule is COC(=O)CC(NC(=O)Nc1cccc(CC(F)(F)F)c1)C1CC1. The minimum atomic E-state index is -4.31. The number of hydrogen-bond acceptors (Lipinski definition) is 3. The van der Waals surface area contributed by atoms with Gasteiger partial charge >= 0.3 is 18.2 Å². The number of amides is 2. The summed E-state index contributed by atoms with van der Waals surface area (Å²) in [6, 6.07) is 4.69. The smallest absolute Gasteiger partial charge is 0.393 e. The van der Waals surface area contributed by atoms with Crippen molar-refractivity contribution in [3.63, 3.8) is 0 Å². The van der Waals surface area contributed by atoms with Crippen LogP contribution >= 0.6 is 0 Å². The largest absolute Gasteiger partial charge is 0.469 e. The summed E-state index contributed by atoms with van der Waals surface area (Å²) < 4.78 is 41.8. The molecule has 0 spiro atoms. The van der Waals surface area contributed by atoms with Crippen LogP contribution in [0.2, 0.25) is 0 Å². The topological polar surface area (TPSA) is 67.4 Å². The van der Waals surface area contributed by atoms with E-state index >= 15 is 0 Å². The van der Waals surface area contributed by atoms with Gasteiger partial charge in [0.05, 0.1) is 20.0 Å². The summed E-state index contributed by atoms with van der Waals surface area (Å²) in [5.41, 5.74) is 0.329. The van der Waals surface area contributed by atoms with Crippen molar-refractivity contribution in [1.82, 2.24) is 5.32 Å². The van der Waals surface area contributed by atoms with Crippen molar-refractivity contribution in [3.8, 4) is 0 Å². The Morgan fingerprint density at radius 1 is 1.33 bits per heavy atom. The van der Waals surface area contributed by atoms with Crippen LogP contribution in [0.1, 0.15) is 24.8 Å². The average molecular weight is 344 g/mol. The van der Waals surface area contributed by atoms with Crippen LogP contribution in [0, 0.1) is 5.92 Å². The number of hydrogen-bond donors (Lipinski definition) is 2. The maximum atomic E-state index is 12.4. The highest BCUT2D eigenvalue weighted by atomic mass is 19.4. The third-order valence-electron chi connectivity index (χ3n) is 3.71. The van der Waals surface area contributed by atoms with Gasteiger partial charge in [0.25, 0.3) is 0 Å². The third-order valence-corrected chi connectivity index (χ3v) is 3.71. The van der Waals surface area contributed by atoms with Gasteiger partial charge in [0.2, 0.25) is 0 Å². The quantitative estimate of drug-likeness (QED) is 0.779. The minimum absolute atomic E-state index is 0.0635. The number of nitrogens with one attached hydrogen (secondary N) is 2. The van der Waals surface area contributed by atoms with Crippen molar-refractivity contribution in [1.29, 1.82) is 0 Å². The first-order valence-electron chi connectivity index (χ1n) is 7.57. The van der Waals surface area contributed by atoms with Gasteiger partial charge in [-0.25, -0.2) is 4.79 Å². The van der Waals surface area contributed by atoms with Crippen LogP contribution in [0.3, 0.4) is 0 Å². The Bertz CT molecular complexity index is 600. The number of alkyl halides is 3. The fourth-order valence-corrected chi connectivity index (χ4v) is 2.42. The van der Waals surface area contributed by atoms with Crippen LogP contribution in [0.15, 0.2) is 24.3 Å². The summed E-state index contributed by atoms with van der Waals surface area (Å²) in [6.45, 7) is 0. The van der Waals surface area contributed by atoms with E-state index in [2.05, 4.69) is 15.4 Å². The molecule has 5 nitrogen and oxygen atoms in total. The number of methoxy groups -OCH3 is 1. The van der Waals surface area contributed by atoms with Crippen LogP contribution in [-0.2, 0) is 16.0 Å². The number of rotatable bonds is 6. The Balaban J connectivity index is 1.93. The summed E-state index contributed by atoms with van der Waals surface area (Å²) in [7, 11) is 1.28. The molecule has 2 amide bonds. The second-order valence-electron chi connectivity index (χ2n) is 5.81. The molecule has 1 aliphatic rings. The van der Waals surface area contributed by atoms with Gasteiger partial charge < -0.3 is 15.4 Å². The van der Waals surface area contributed by atoms with E-state index in [9.17, 15) is 22.8 Å². The number of anilines is 1. The molecule has 132 valence electrons. The molecule has 1 aliphatic carbocycles. The van der Waals surface area contributed by atoms with E-state index < -0.39 is 24.6 Å². The van der Waals surface area contributed by atoms with Gasteiger partial charge in [-0.2, -0.15) is 13.2 Å². The van der Waals surface area contributed by atoms with E-state index in [-0.39, 0.29) is 29.6 Å². The van der Waals surface area contributed by atoms with Gasteiger partial charge in [0.1, 0.15) is 0 Å². The molecule has 0 heterocycles. The summed E-state index contributed by atoms with van der Waals surface area (Å²) in [5.74, 6) is -0.189. The number of urea groups is 1. The predicted molar refractivity (Wildman–Crippen MR) is 81.5 cm³/mol. The highest BCUT2D eigenvalue weighted by Crippen LogP contribution is 2.34. The maximum absolute atomic E-state index is 12.4. The Labute approximate surface area is 137 Å². The molecule has 0 aliphatic heterocycles. The molecule has 2 N–H and O–H groups in total. The Hall–Kier alpha value is -2.25. The fraction of sp³-hybridized carbons (Fsp3) is 0.500. The molecule has 1 atom stereocenters. The summed E-state index contributed by atoms with van der Waals surface area (Å²) in [4.78, 5) is 23.4. The van der Waals surface area contributed by atoms with Crippen molar-refractivity contribution in [2.24, 2.45) is 5.92 Å². The van der Waals surface area contributed by atoms with Gasteiger partial charge in [-0.15, -0.1) is 0 Å².